The van der Waals surface area contributed by atoms with Crippen LogP contribution in [0.3, 0.4) is 0 Å². The van der Waals surface area contributed by atoms with Crippen molar-refractivity contribution in [1.82, 2.24) is 63.8 Å². The van der Waals surface area contributed by atoms with E-state index >= 15 is 4.79 Å². The summed E-state index contributed by atoms with van der Waals surface area (Å²) in [5.41, 5.74) is 17.2. The van der Waals surface area contributed by atoms with Gasteiger partial charge < -0.3 is 106 Å². The van der Waals surface area contributed by atoms with Crippen LogP contribution < -0.4 is 81.0 Å². The van der Waals surface area contributed by atoms with Crippen molar-refractivity contribution < 1.29 is 82.7 Å². The maximum absolute atomic E-state index is 15.4. The van der Waals surface area contributed by atoms with Crippen LogP contribution in [0.25, 0.3) is 0 Å². The van der Waals surface area contributed by atoms with Crippen molar-refractivity contribution in [2.45, 2.75) is 200 Å². The number of hydrogen-bond acceptors (Lipinski definition) is 20. The zero-order valence-electron chi connectivity index (χ0n) is 55.0. The lowest BCUT2D eigenvalue weighted by Crippen LogP contribution is -2.64. The smallest absolute Gasteiger partial charge is 0.331 e. The molecular formula is C60H102N16O17. The second kappa shape index (κ2) is 40.1. The minimum Gasteiger partial charge on any atom is -0.453 e. The fourth-order valence-electron chi connectivity index (χ4n) is 9.56. The van der Waals surface area contributed by atoms with Crippen LogP contribution in [-0.4, -0.2) is 209 Å². The molecule has 0 aromatic heterocycles. The van der Waals surface area contributed by atoms with E-state index < -0.39 is 187 Å². The third kappa shape index (κ3) is 27.2. The first-order valence-corrected chi connectivity index (χ1v) is 31.3. The minimum atomic E-state index is -2.50. The number of aliphatic hydroxyl groups excluding tert-OH is 4. The Bertz CT molecular complexity index is 2690. The van der Waals surface area contributed by atoms with Crippen LogP contribution in [0.5, 0.6) is 0 Å². The van der Waals surface area contributed by atoms with Crippen molar-refractivity contribution >= 4 is 76.9 Å². The zero-order valence-corrected chi connectivity index (χ0v) is 55.0. The molecule has 0 spiro atoms. The Morgan fingerprint density at radius 3 is 1.75 bits per heavy atom. The van der Waals surface area contributed by atoms with Crippen LogP contribution in [0.15, 0.2) is 30.3 Å². The maximum Gasteiger partial charge on any atom is 0.331 e. The number of esters is 1. The lowest BCUT2D eigenvalue weighted by atomic mass is 9.95. The van der Waals surface area contributed by atoms with Crippen LogP contribution >= 0.6 is 0 Å². The zero-order chi connectivity index (χ0) is 70.6. The summed E-state index contributed by atoms with van der Waals surface area (Å²) in [6.07, 6.45) is -7.97. The van der Waals surface area contributed by atoms with Crippen molar-refractivity contribution in [2.24, 2.45) is 46.8 Å². The normalized spacial score (nSPS) is 24.3. The van der Waals surface area contributed by atoms with E-state index in [9.17, 15) is 73.2 Å². The van der Waals surface area contributed by atoms with E-state index in [2.05, 4.69) is 63.8 Å². The Hall–Kier alpha value is -8.11. The standard InChI is InChI=1S/C60H102N16O17/c1-12-32(10)41-54(87)74-42(33(11)78)53(86)67-26-40(79)72-44(47(81)58(91)65-22-20-61)56(89)71-39(27-77)59(92)93-48(34-17-14-13-15-18-34)45(76-52(85)38(25-30(6)7)69-49(82)35(62)23-28(2)3)57(90)75-43(46(80)31(8)9)55(88)70-37(24-29(4)5)51(84)68-36(50(83)73-41)19-16-21-66-60(63)64/h13-15,17-18,28-33,35-39,41-48,77-78,80-81H,12,16,19-27,61-62H2,1-11H3,(H,65,91)(H,67,86)(H,68,84)(H,69,82)(H,70,88)(H,71,89)(H,72,79)(H,73,83)(H,74,87)(H,75,90)(H,76,85)(H4,63,64,66)/t32-,33-,35+,36+,37-,38-,39-,41-,42-,43-,44-,45-,46+,47-,48+/m0/s1. The summed E-state index contributed by atoms with van der Waals surface area (Å²) in [4.78, 5) is 172. The first-order valence-electron chi connectivity index (χ1n) is 31.3. The molecule has 23 N–H and O–H groups in total. The predicted molar refractivity (Wildman–Crippen MR) is 338 cm³/mol. The molecule has 1 aromatic rings. The molecule has 0 bridgehead atoms. The summed E-state index contributed by atoms with van der Waals surface area (Å²) in [7, 11) is 0. The molecule has 11 amide bonds. The molecule has 0 unspecified atom stereocenters. The highest BCUT2D eigenvalue weighted by Crippen LogP contribution is 2.25. The summed E-state index contributed by atoms with van der Waals surface area (Å²) in [5, 5.41) is 81.4. The fourth-order valence-corrected chi connectivity index (χ4v) is 9.56. The highest BCUT2D eigenvalue weighted by atomic mass is 16.5. The Kier molecular flexibility index (Phi) is 34.9. The van der Waals surface area contributed by atoms with Gasteiger partial charge in [0.2, 0.25) is 59.1 Å². The molecule has 2 rings (SSSR count). The lowest BCUT2D eigenvalue weighted by Gasteiger charge is -2.34. The number of cyclic esters (lactones) is 1. The van der Waals surface area contributed by atoms with Gasteiger partial charge in [-0.25, -0.2) is 4.79 Å². The number of aliphatic hydroxyl groups is 4. The first-order chi connectivity index (χ1) is 43.6. The topological polar surface area (TPSA) is 541 Å². The summed E-state index contributed by atoms with van der Waals surface area (Å²) >= 11 is 0. The Morgan fingerprint density at radius 1 is 0.645 bits per heavy atom. The van der Waals surface area contributed by atoms with E-state index in [0.717, 1.165) is 6.92 Å². The van der Waals surface area contributed by atoms with E-state index in [1.165, 1.54) is 44.2 Å². The molecule has 1 aromatic carbocycles. The Balaban J connectivity index is 3.16. The number of hydrogen-bond donors (Lipinski definition) is 20. The van der Waals surface area contributed by atoms with Gasteiger partial charge in [0.05, 0.1) is 31.4 Å². The SMILES string of the molecule is CC[C@H](C)[C@@H]1NC(=O)[C@@H](CCCNC(=N)N)NC(=O)[C@H](CC(C)C)NC(=O)[C@H]([C@H](O)C(C)C)NC(=O)[C@@H](NC(=O)[C@H](CC(C)C)NC(=O)[C@H](N)CC(C)C)[C@@H](c2ccccc2)OC(=O)[C@H](CO)NC(=O)[C@H]([C@H](O)C(=O)NCCN)NC(=O)CNC(=O)[C@H]([C@H](C)O)NC1=O. The van der Waals surface area contributed by atoms with Gasteiger partial charge in [-0.3, -0.25) is 58.1 Å². The summed E-state index contributed by atoms with van der Waals surface area (Å²) in [5.74, 6) is -17.0. The van der Waals surface area contributed by atoms with Gasteiger partial charge in [-0.1, -0.05) is 106 Å². The van der Waals surface area contributed by atoms with Crippen molar-refractivity contribution in [3.63, 3.8) is 0 Å². The molecule has 0 aliphatic carbocycles. The molecule has 1 fully saturated rings. The number of nitrogens with two attached hydrogens (primary N) is 3. The molecule has 1 saturated heterocycles. The van der Waals surface area contributed by atoms with Crippen molar-refractivity contribution in [3.05, 3.63) is 35.9 Å². The monoisotopic (exact) mass is 1320 g/mol. The molecule has 93 heavy (non-hydrogen) atoms. The molecule has 1 heterocycles. The number of carbonyl (C=O) groups excluding carboxylic acids is 12. The van der Waals surface area contributed by atoms with Crippen LogP contribution in [-0.2, 0) is 62.3 Å². The van der Waals surface area contributed by atoms with E-state index in [-0.39, 0.29) is 81.5 Å². The number of amides is 11. The highest BCUT2D eigenvalue weighted by molar-refractivity contribution is 6.00. The van der Waals surface area contributed by atoms with Crippen LogP contribution in [0.4, 0.5) is 0 Å². The maximum atomic E-state index is 15.4. The third-order valence-corrected chi connectivity index (χ3v) is 14.9. The van der Waals surface area contributed by atoms with Crippen LogP contribution in [0, 0.1) is 35.0 Å². The minimum absolute atomic E-state index is 0.0138. The van der Waals surface area contributed by atoms with Gasteiger partial charge in [-0.05, 0) is 74.2 Å². The van der Waals surface area contributed by atoms with Gasteiger partial charge in [-0.15, -0.1) is 0 Å². The molecule has 15 atom stereocenters. The number of ether oxygens (including phenoxy) is 1. The predicted octanol–water partition coefficient (Wildman–Crippen LogP) is -5.64. The van der Waals surface area contributed by atoms with E-state index in [1.807, 2.05) is 13.8 Å². The molecule has 1 aliphatic rings. The van der Waals surface area contributed by atoms with E-state index in [1.54, 1.807) is 41.5 Å². The summed E-state index contributed by atoms with van der Waals surface area (Å²) in [6.45, 7) is 15.0. The summed E-state index contributed by atoms with van der Waals surface area (Å²) in [6, 6.07) is -10.7. The molecule has 33 heteroatoms. The van der Waals surface area contributed by atoms with Crippen LogP contribution in [0.1, 0.15) is 126 Å². The number of carbonyl (C=O) groups is 12. The lowest BCUT2D eigenvalue weighted by molar-refractivity contribution is -0.159. The van der Waals surface area contributed by atoms with Gasteiger partial charge in [0.1, 0.15) is 48.3 Å². The Labute approximate surface area is 542 Å². The van der Waals surface area contributed by atoms with E-state index in [0.29, 0.717) is 0 Å². The molecule has 524 valence electrons. The van der Waals surface area contributed by atoms with Crippen molar-refractivity contribution in [2.75, 3.05) is 32.8 Å². The van der Waals surface area contributed by atoms with Gasteiger partial charge in [0, 0.05) is 19.6 Å². The van der Waals surface area contributed by atoms with Crippen molar-refractivity contribution in [1.29, 1.82) is 5.41 Å². The molecule has 33 nitrogen and oxygen atoms in total. The van der Waals surface area contributed by atoms with Gasteiger partial charge >= 0.3 is 5.97 Å². The number of guanidine groups is 1. The number of benzene rings is 1. The quantitative estimate of drug-likeness (QED) is 0.0188. The number of rotatable bonds is 25. The average Bonchev–Trinajstić information content (AvgIpc) is 1.51. The largest absolute Gasteiger partial charge is 0.453 e. The summed E-state index contributed by atoms with van der Waals surface area (Å²) < 4.78 is 5.97. The van der Waals surface area contributed by atoms with Gasteiger partial charge in [0.25, 0.3) is 5.91 Å². The molecule has 1 aliphatic heterocycles. The van der Waals surface area contributed by atoms with Crippen molar-refractivity contribution in [3.8, 4) is 0 Å². The molecular weight excluding hydrogens is 1220 g/mol. The third-order valence-electron chi connectivity index (χ3n) is 14.9. The first kappa shape index (κ1) is 81.0. The average molecular weight is 1320 g/mol. The van der Waals surface area contributed by atoms with Crippen LogP contribution in [0.2, 0.25) is 0 Å². The number of nitrogens with one attached hydrogen (secondary N) is 13. The fraction of sp³-hybridized carbons (Fsp3) is 0.683. The second-order valence-electron chi connectivity index (χ2n) is 24.8. The highest BCUT2D eigenvalue weighted by Gasteiger charge is 2.44. The van der Waals surface area contributed by atoms with E-state index in [4.69, 9.17) is 27.3 Å². The molecule has 0 radical (unpaired) electrons. The van der Waals surface area contributed by atoms with Gasteiger partial charge in [-0.2, -0.15) is 0 Å². The Morgan fingerprint density at radius 2 is 1.20 bits per heavy atom. The molecule has 0 saturated carbocycles. The second-order valence-corrected chi connectivity index (χ2v) is 24.8. The van der Waals surface area contributed by atoms with Gasteiger partial charge in [0.15, 0.2) is 24.2 Å².